The Bertz CT molecular complexity index is 1160. The van der Waals surface area contributed by atoms with Crippen molar-refractivity contribution in [3.8, 4) is 23.5 Å². The molecule has 1 aliphatic carbocycles. The number of ether oxygens (including phenoxy) is 2. The van der Waals surface area contributed by atoms with E-state index in [1.165, 1.54) is 4.90 Å². The molecule has 35 heavy (non-hydrogen) atoms. The van der Waals surface area contributed by atoms with Crippen molar-refractivity contribution in [1.82, 2.24) is 10.2 Å². The Morgan fingerprint density at radius 2 is 1.80 bits per heavy atom. The number of nitrogens with zero attached hydrogens (tertiary/aromatic N) is 1. The number of nitrogens with one attached hydrogen (secondary N) is 1. The van der Waals surface area contributed by atoms with E-state index in [0.29, 0.717) is 13.0 Å². The highest BCUT2D eigenvalue weighted by molar-refractivity contribution is 5.90. The van der Waals surface area contributed by atoms with Crippen molar-refractivity contribution >= 4 is 18.0 Å². The molecule has 0 bridgehead atoms. The standard InChI is InChI=1S/C27H26N2O6/c1-2-7-21(25(30)29-22-12-13-34-24(22)14-23(29)26(31)32)28-27(33)35-15-20-18-10-5-3-8-16(18)17-9-4-6-11-19(17)20/h1,3-6,8-11,20-24H,7,12-15H2,(H,28,33)(H,31,32)/t21?,22-,23?,24-/m0/s1. The summed E-state index contributed by atoms with van der Waals surface area (Å²) in [6, 6.07) is 13.6. The van der Waals surface area contributed by atoms with E-state index in [0.717, 1.165) is 22.3 Å². The third kappa shape index (κ3) is 4.13. The maximum absolute atomic E-state index is 13.4. The zero-order valence-electron chi connectivity index (χ0n) is 19.1. The molecule has 2 N–H and O–H groups in total. The predicted molar refractivity (Wildman–Crippen MR) is 126 cm³/mol. The molecule has 4 atom stereocenters. The van der Waals surface area contributed by atoms with Crippen LogP contribution in [-0.2, 0) is 19.1 Å². The number of carbonyl (C=O) groups excluding carboxylic acids is 2. The number of carbonyl (C=O) groups is 3. The highest BCUT2D eigenvalue weighted by Crippen LogP contribution is 2.44. The molecular weight excluding hydrogens is 448 g/mol. The lowest BCUT2D eigenvalue weighted by atomic mass is 9.98. The van der Waals surface area contributed by atoms with Gasteiger partial charge in [-0.15, -0.1) is 12.3 Å². The second-order valence-electron chi connectivity index (χ2n) is 9.03. The number of terminal acetylenes is 1. The average molecular weight is 475 g/mol. The van der Waals surface area contributed by atoms with Gasteiger partial charge in [-0.3, -0.25) is 4.79 Å². The molecule has 8 nitrogen and oxygen atoms in total. The van der Waals surface area contributed by atoms with Crippen molar-refractivity contribution in [3.05, 3.63) is 59.7 Å². The first kappa shape index (κ1) is 22.9. The molecule has 2 saturated heterocycles. The molecule has 5 rings (SSSR count). The van der Waals surface area contributed by atoms with Gasteiger partial charge < -0.3 is 24.8 Å². The van der Waals surface area contributed by atoms with Crippen molar-refractivity contribution in [3.63, 3.8) is 0 Å². The fourth-order valence-corrected chi connectivity index (χ4v) is 5.56. The summed E-state index contributed by atoms with van der Waals surface area (Å²) in [4.78, 5) is 39.2. The minimum absolute atomic E-state index is 0.0793. The maximum Gasteiger partial charge on any atom is 0.407 e. The summed E-state index contributed by atoms with van der Waals surface area (Å²) in [6.07, 6.45) is 5.07. The van der Waals surface area contributed by atoms with Gasteiger partial charge in [0.25, 0.3) is 0 Å². The molecule has 3 aliphatic rings. The van der Waals surface area contributed by atoms with Crippen LogP contribution in [0.15, 0.2) is 48.5 Å². The van der Waals surface area contributed by atoms with Crippen molar-refractivity contribution in [2.45, 2.75) is 49.4 Å². The number of carboxylic acid groups (broad SMARTS) is 1. The van der Waals surface area contributed by atoms with Crippen LogP contribution in [-0.4, -0.2) is 65.4 Å². The average Bonchev–Trinajstić information content (AvgIpc) is 3.54. The number of benzene rings is 2. The van der Waals surface area contributed by atoms with Crippen LogP contribution in [0.4, 0.5) is 4.79 Å². The molecule has 8 heteroatoms. The number of amides is 2. The summed E-state index contributed by atoms with van der Waals surface area (Å²) in [5.41, 5.74) is 4.37. The van der Waals surface area contributed by atoms with Crippen molar-refractivity contribution in [1.29, 1.82) is 0 Å². The zero-order valence-corrected chi connectivity index (χ0v) is 19.1. The molecule has 2 unspecified atom stereocenters. The first-order valence-electron chi connectivity index (χ1n) is 11.7. The summed E-state index contributed by atoms with van der Waals surface area (Å²) in [7, 11) is 0. The first-order chi connectivity index (χ1) is 17.0. The van der Waals surface area contributed by atoms with E-state index in [4.69, 9.17) is 15.9 Å². The van der Waals surface area contributed by atoms with Gasteiger partial charge in [0.1, 0.15) is 18.7 Å². The lowest BCUT2D eigenvalue weighted by molar-refractivity contribution is -0.150. The minimum Gasteiger partial charge on any atom is -0.480 e. The largest absolute Gasteiger partial charge is 0.480 e. The van der Waals surface area contributed by atoms with E-state index >= 15 is 0 Å². The molecule has 0 saturated carbocycles. The van der Waals surface area contributed by atoms with Gasteiger partial charge in [0.05, 0.1) is 12.1 Å². The number of aliphatic carboxylic acids is 1. The Morgan fingerprint density at radius 1 is 1.14 bits per heavy atom. The van der Waals surface area contributed by atoms with Gasteiger partial charge >= 0.3 is 12.1 Å². The third-order valence-electron chi connectivity index (χ3n) is 7.12. The maximum atomic E-state index is 13.4. The van der Waals surface area contributed by atoms with Crippen molar-refractivity contribution < 1.29 is 29.0 Å². The van der Waals surface area contributed by atoms with Gasteiger partial charge in [-0.05, 0) is 28.7 Å². The molecule has 2 fully saturated rings. The summed E-state index contributed by atoms with van der Waals surface area (Å²) in [5, 5.41) is 12.2. The number of rotatable bonds is 6. The quantitative estimate of drug-likeness (QED) is 0.624. The van der Waals surface area contributed by atoms with Crippen LogP contribution in [0.3, 0.4) is 0 Å². The van der Waals surface area contributed by atoms with Crippen LogP contribution in [0.5, 0.6) is 0 Å². The Labute approximate surface area is 203 Å². The SMILES string of the molecule is C#CCC(NC(=O)OCC1c2ccccc2-c2ccccc21)C(=O)N1C(C(=O)O)C[C@@H]2OCC[C@@H]21. The molecule has 2 aromatic carbocycles. The van der Waals surface area contributed by atoms with Gasteiger partial charge in [-0.1, -0.05) is 48.5 Å². The summed E-state index contributed by atoms with van der Waals surface area (Å²) >= 11 is 0. The predicted octanol–water partition coefficient (Wildman–Crippen LogP) is 2.76. The Balaban J connectivity index is 1.28. The van der Waals surface area contributed by atoms with Gasteiger partial charge in [0.2, 0.25) is 5.91 Å². The van der Waals surface area contributed by atoms with E-state index in [1.807, 2.05) is 48.5 Å². The second-order valence-corrected chi connectivity index (χ2v) is 9.03. The van der Waals surface area contributed by atoms with E-state index in [1.54, 1.807) is 0 Å². The number of alkyl carbamates (subject to hydrolysis) is 1. The Hall–Kier alpha value is -3.83. The number of hydrogen-bond acceptors (Lipinski definition) is 5. The molecule has 0 aromatic heterocycles. The van der Waals surface area contributed by atoms with Gasteiger partial charge in [-0.2, -0.15) is 0 Å². The molecule has 0 spiro atoms. The summed E-state index contributed by atoms with van der Waals surface area (Å²) < 4.78 is 11.2. The lowest BCUT2D eigenvalue weighted by Crippen LogP contribution is -2.54. The molecule has 0 radical (unpaired) electrons. The Kier molecular flexibility index (Phi) is 6.18. The van der Waals surface area contributed by atoms with Crippen molar-refractivity contribution in [2.75, 3.05) is 13.2 Å². The topological polar surface area (TPSA) is 105 Å². The number of hydrogen-bond donors (Lipinski definition) is 2. The van der Waals surface area contributed by atoms with Crippen LogP contribution in [0.2, 0.25) is 0 Å². The summed E-state index contributed by atoms with van der Waals surface area (Å²) in [5.74, 6) is 0.658. The third-order valence-corrected chi connectivity index (χ3v) is 7.12. The number of fused-ring (bicyclic) bond motifs is 4. The number of likely N-dealkylation sites (tertiary alicyclic amines) is 1. The van der Waals surface area contributed by atoms with Crippen LogP contribution in [0.1, 0.15) is 36.3 Å². The minimum atomic E-state index is -1.10. The first-order valence-corrected chi connectivity index (χ1v) is 11.7. The van der Waals surface area contributed by atoms with Crippen LogP contribution in [0, 0.1) is 12.3 Å². The molecule has 2 amide bonds. The molecule has 2 aliphatic heterocycles. The van der Waals surface area contributed by atoms with E-state index < -0.39 is 30.1 Å². The second kappa shape index (κ2) is 9.43. The van der Waals surface area contributed by atoms with Gasteiger partial charge in [0.15, 0.2) is 0 Å². The monoisotopic (exact) mass is 474 g/mol. The molecule has 2 heterocycles. The number of carboxylic acids is 1. The fourth-order valence-electron chi connectivity index (χ4n) is 5.56. The van der Waals surface area contributed by atoms with E-state index in [2.05, 4.69) is 11.2 Å². The van der Waals surface area contributed by atoms with E-state index in [-0.39, 0.29) is 37.5 Å². The Morgan fingerprint density at radius 3 is 2.43 bits per heavy atom. The van der Waals surface area contributed by atoms with E-state index in [9.17, 15) is 19.5 Å². The van der Waals surface area contributed by atoms with Crippen LogP contribution >= 0.6 is 0 Å². The van der Waals surface area contributed by atoms with Crippen molar-refractivity contribution in [2.24, 2.45) is 0 Å². The molecule has 2 aromatic rings. The molecular formula is C27H26N2O6. The van der Waals surface area contributed by atoms with Crippen LogP contribution < -0.4 is 5.32 Å². The van der Waals surface area contributed by atoms with Gasteiger partial charge in [0, 0.05) is 25.4 Å². The lowest BCUT2D eigenvalue weighted by Gasteiger charge is -2.30. The zero-order chi connectivity index (χ0) is 24.5. The fraction of sp³-hybridized carbons (Fsp3) is 0.370. The highest BCUT2D eigenvalue weighted by Gasteiger charge is 2.51. The summed E-state index contributed by atoms with van der Waals surface area (Å²) in [6.45, 7) is 0.557. The van der Waals surface area contributed by atoms with Gasteiger partial charge in [-0.25, -0.2) is 9.59 Å². The smallest absolute Gasteiger partial charge is 0.407 e. The van der Waals surface area contributed by atoms with Crippen LogP contribution in [0.25, 0.3) is 11.1 Å². The molecule has 180 valence electrons. The highest BCUT2D eigenvalue weighted by atomic mass is 16.5. The normalized spacial score (nSPS) is 23.1.